The summed E-state index contributed by atoms with van der Waals surface area (Å²) in [6, 6.07) is 8.28. The van der Waals surface area contributed by atoms with Gasteiger partial charge in [-0.25, -0.2) is 0 Å². The predicted octanol–water partition coefficient (Wildman–Crippen LogP) is 3.44. The van der Waals surface area contributed by atoms with E-state index in [0.29, 0.717) is 6.42 Å². The summed E-state index contributed by atoms with van der Waals surface area (Å²) in [7, 11) is 0. The quantitative estimate of drug-likeness (QED) is 0.907. The minimum Gasteiger partial charge on any atom is -0.312 e. The van der Waals surface area contributed by atoms with Gasteiger partial charge in [-0.3, -0.25) is 9.48 Å². The molecule has 1 aromatic heterocycles. The van der Waals surface area contributed by atoms with Crippen molar-refractivity contribution in [2.75, 3.05) is 11.4 Å². The number of nitrogens with one attached hydrogen (secondary N) is 1. The Bertz CT molecular complexity index is 729. The number of nitrogens with zero attached hydrogens (tertiary/aromatic N) is 3. The third-order valence-corrected chi connectivity index (χ3v) is 4.53. The van der Waals surface area contributed by atoms with E-state index in [-0.39, 0.29) is 11.4 Å². The van der Waals surface area contributed by atoms with Crippen LogP contribution in [0.25, 0.3) is 0 Å². The topological polar surface area (TPSA) is 50.2 Å². The van der Waals surface area contributed by atoms with Crippen LogP contribution >= 0.6 is 0 Å². The third kappa shape index (κ3) is 4.48. The van der Waals surface area contributed by atoms with Crippen LogP contribution in [0.15, 0.2) is 36.7 Å². The Kier molecular flexibility index (Phi) is 5.23. The number of amides is 1. The average molecular weight is 340 g/mol. The molecule has 0 atom stereocenters. The summed E-state index contributed by atoms with van der Waals surface area (Å²) in [5.74, 6) is 0.242. The number of aromatic nitrogens is 2. The molecule has 2 heterocycles. The highest BCUT2D eigenvalue weighted by atomic mass is 16.2. The molecule has 1 amide bonds. The van der Waals surface area contributed by atoms with Crippen LogP contribution in [0.5, 0.6) is 0 Å². The normalized spacial score (nSPS) is 15.6. The van der Waals surface area contributed by atoms with Gasteiger partial charge >= 0.3 is 0 Å². The van der Waals surface area contributed by atoms with Crippen molar-refractivity contribution in [1.29, 1.82) is 0 Å². The molecule has 1 aliphatic heterocycles. The van der Waals surface area contributed by atoms with Crippen LogP contribution in [0, 0.1) is 0 Å². The number of rotatable bonds is 5. The van der Waals surface area contributed by atoms with Gasteiger partial charge < -0.3 is 10.2 Å². The second kappa shape index (κ2) is 7.40. The molecule has 1 saturated heterocycles. The first kappa shape index (κ1) is 17.7. The summed E-state index contributed by atoms with van der Waals surface area (Å²) >= 11 is 0. The van der Waals surface area contributed by atoms with Crippen molar-refractivity contribution in [3.8, 4) is 0 Å². The Hall–Kier alpha value is -2.14. The van der Waals surface area contributed by atoms with Crippen molar-refractivity contribution < 1.29 is 4.79 Å². The molecule has 1 fully saturated rings. The summed E-state index contributed by atoms with van der Waals surface area (Å²) < 4.78 is 1.99. The Balaban J connectivity index is 1.57. The number of anilines is 1. The highest BCUT2D eigenvalue weighted by Gasteiger charge is 2.19. The number of piperidine rings is 1. The van der Waals surface area contributed by atoms with Crippen LogP contribution in [0.2, 0.25) is 0 Å². The molecule has 1 aromatic carbocycles. The summed E-state index contributed by atoms with van der Waals surface area (Å²) in [5, 5.41) is 7.90. The van der Waals surface area contributed by atoms with E-state index in [2.05, 4.69) is 49.5 Å². The Morgan fingerprint density at radius 3 is 2.68 bits per heavy atom. The second-order valence-electron chi connectivity index (χ2n) is 7.74. The predicted molar refractivity (Wildman–Crippen MR) is 100 cm³/mol. The maximum atomic E-state index is 12.1. The fraction of sp³-hybridized carbons (Fsp3) is 0.500. The van der Waals surface area contributed by atoms with Gasteiger partial charge in [0, 0.05) is 43.5 Å². The molecule has 0 radical (unpaired) electrons. The minimum absolute atomic E-state index is 0.00750. The van der Waals surface area contributed by atoms with E-state index in [1.54, 1.807) is 0 Å². The zero-order valence-corrected chi connectivity index (χ0v) is 15.5. The first-order valence-electron chi connectivity index (χ1n) is 9.07. The van der Waals surface area contributed by atoms with Gasteiger partial charge in [-0.1, -0.05) is 12.1 Å². The minimum atomic E-state index is 0.00750. The summed E-state index contributed by atoms with van der Waals surface area (Å²) in [5.41, 5.74) is 3.40. The van der Waals surface area contributed by atoms with E-state index >= 15 is 0 Å². The van der Waals surface area contributed by atoms with Crippen molar-refractivity contribution >= 4 is 11.6 Å². The largest absolute Gasteiger partial charge is 0.312 e. The van der Waals surface area contributed by atoms with Crippen LogP contribution in [0.3, 0.4) is 0 Å². The molecule has 25 heavy (non-hydrogen) atoms. The van der Waals surface area contributed by atoms with E-state index in [9.17, 15) is 4.79 Å². The fourth-order valence-electron chi connectivity index (χ4n) is 3.08. The first-order chi connectivity index (χ1) is 11.9. The molecule has 0 spiro atoms. The van der Waals surface area contributed by atoms with E-state index in [1.807, 2.05) is 27.9 Å². The van der Waals surface area contributed by atoms with Gasteiger partial charge in [0.25, 0.3) is 0 Å². The number of benzene rings is 1. The van der Waals surface area contributed by atoms with Crippen LogP contribution in [-0.2, 0) is 23.4 Å². The number of carbonyl (C=O) groups is 1. The maximum absolute atomic E-state index is 12.1. The van der Waals surface area contributed by atoms with Gasteiger partial charge in [0.05, 0.1) is 11.7 Å². The average Bonchev–Trinajstić information content (AvgIpc) is 3.05. The van der Waals surface area contributed by atoms with Crippen LogP contribution in [-0.4, -0.2) is 22.2 Å². The second-order valence-corrected chi connectivity index (χ2v) is 7.74. The molecule has 134 valence electrons. The van der Waals surface area contributed by atoms with Gasteiger partial charge in [-0.15, -0.1) is 0 Å². The molecule has 0 saturated carbocycles. The molecule has 5 heteroatoms. The lowest BCUT2D eigenvalue weighted by Crippen LogP contribution is -2.35. The zero-order chi connectivity index (χ0) is 17.9. The number of carbonyl (C=O) groups excluding carboxylic acids is 1. The van der Waals surface area contributed by atoms with Gasteiger partial charge in [-0.2, -0.15) is 5.10 Å². The van der Waals surface area contributed by atoms with E-state index in [4.69, 9.17) is 0 Å². The number of hydrogen-bond donors (Lipinski definition) is 1. The number of hydrogen-bond acceptors (Lipinski definition) is 3. The van der Waals surface area contributed by atoms with Crippen molar-refractivity contribution in [3.63, 3.8) is 0 Å². The fourth-order valence-corrected chi connectivity index (χ4v) is 3.08. The van der Waals surface area contributed by atoms with E-state index < -0.39 is 0 Å². The molecular formula is C20H28N4O. The molecule has 1 aliphatic rings. The molecular weight excluding hydrogens is 312 g/mol. The van der Waals surface area contributed by atoms with Crippen LogP contribution in [0.1, 0.15) is 51.2 Å². The molecule has 3 rings (SSSR count). The molecule has 0 unspecified atom stereocenters. The molecule has 5 nitrogen and oxygen atoms in total. The first-order valence-corrected chi connectivity index (χ1v) is 9.07. The van der Waals surface area contributed by atoms with Gasteiger partial charge in [-0.05, 0) is 51.3 Å². The molecule has 2 aromatic rings. The highest BCUT2D eigenvalue weighted by molar-refractivity contribution is 5.94. The molecule has 0 bridgehead atoms. The van der Waals surface area contributed by atoms with Crippen molar-refractivity contribution in [2.45, 2.75) is 58.7 Å². The van der Waals surface area contributed by atoms with Gasteiger partial charge in [0.2, 0.25) is 5.91 Å². The van der Waals surface area contributed by atoms with Gasteiger partial charge in [0.1, 0.15) is 0 Å². The standard InChI is InChI=1S/C20H28N4O/c1-20(2,3)24-15-17(14-22-24)13-21-12-16-7-6-8-18(11-16)23-10-5-4-9-19(23)25/h6-8,11,14-15,21H,4-5,9-10,12-13H2,1-3H3. The Morgan fingerprint density at radius 2 is 1.96 bits per heavy atom. The smallest absolute Gasteiger partial charge is 0.226 e. The van der Waals surface area contributed by atoms with Crippen molar-refractivity contribution in [1.82, 2.24) is 15.1 Å². The van der Waals surface area contributed by atoms with Gasteiger partial charge in [0.15, 0.2) is 0 Å². The zero-order valence-electron chi connectivity index (χ0n) is 15.5. The Labute approximate surface area is 150 Å². The Morgan fingerprint density at radius 1 is 1.16 bits per heavy atom. The lowest BCUT2D eigenvalue weighted by Gasteiger charge is -2.27. The highest BCUT2D eigenvalue weighted by Crippen LogP contribution is 2.22. The SMILES string of the molecule is CC(C)(C)n1cc(CNCc2cccc(N3CCCCC3=O)c2)cn1. The third-order valence-electron chi connectivity index (χ3n) is 4.53. The summed E-state index contributed by atoms with van der Waals surface area (Å²) in [6.45, 7) is 8.82. The molecule has 1 N–H and O–H groups in total. The molecule has 0 aliphatic carbocycles. The maximum Gasteiger partial charge on any atom is 0.226 e. The monoisotopic (exact) mass is 340 g/mol. The lowest BCUT2D eigenvalue weighted by atomic mass is 10.1. The summed E-state index contributed by atoms with van der Waals surface area (Å²) in [4.78, 5) is 14.0. The summed E-state index contributed by atoms with van der Waals surface area (Å²) in [6.07, 6.45) is 6.78. The van der Waals surface area contributed by atoms with E-state index in [1.165, 1.54) is 11.1 Å². The lowest BCUT2D eigenvalue weighted by molar-refractivity contribution is -0.119. The van der Waals surface area contributed by atoms with Crippen LogP contribution < -0.4 is 10.2 Å². The van der Waals surface area contributed by atoms with Crippen LogP contribution in [0.4, 0.5) is 5.69 Å². The van der Waals surface area contributed by atoms with Crippen molar-refractivity contribution in [3.05, 3.63) is 47.8 Å². The van der Waals surface area contributed by atoms with Crippen molar-refractivity contribution in [2.24, 2.45) is 0 Å². The van der Waals surface area contributed by atoms with E-state index in [0.717, 1.165) is 38.2 Å².